The van der Waals surface area contributed by atoms with Crippen LogP contribution in [-0.2, 0) is 9.47 Å². The lowest BCUT2D eigenvalue weighted by molar-refractivity contribution is 0.0425. The van der Waals surface area contributed by atoms with E-state index in [1.165, 1.54) is 36.4 Å². The minimum absolute atomic E-state index is 0.0426. The number of hydrogen-bond donors (Lipinski definition) is 0. The smallest absolute Gasteiger partial charge is 0.346 e. The number of fused-ring (bicyclic) bond motifs is 3. The van der Waals surface area contributed by atoms with Crippen molar-refractivity contribution in [1.82, 2.24) is 0 Å². The SMILES string of the molecule is O=C(Oc1ccc(OC(=O)c2ccc3c(c2)C(=O)OC3=O)c2c1C(=O)N(c1ccc(C#Cc3ccccc3)cc1)C2=O)c1ccc2c(c1)C(=O)OC2=O. The van der Waals surface area contributed by atoms with Crippen molar-refractivity contribution < 1.29 is 57.3 Å². The minimum Gasteiger partial charge on any atom is -0.422 e. The molecule has 5 aromatic carbocycles. The molecule has 0 aliphatic carbocycles. The first-order valence-electron chi connectivity index (χ1n) is 15.6. The van der Waals surface area contributed by atoms with E-state index in [2.05, 4.69) is 21.3 Å². The van der Waals surface area contributed by atoms with Crippen molar-refractivity contribution in [2.75, 3.05) is 4.90 Å². The van der Waals surface area contributed by atoms with Gasteiger partial charge >= 0.3 is 35.8 Å². The number of anilines is 1. The summed E-state index contributed by atoms with van der Waals surface area (Å²) in [6, 6.07) is 24.8. The van der Waals surface area contributed by atoms with E-state index < -0.39 is 58.8 Å². The van der Waals surface area contributed by atoms with Gasteiger partial charge in [0.15, 0.2) is 0 Å². The lowest BCUT2D eigenvalue weighted by Crippen LogP contribution is -2.29. The van der Waals surface area contributed by atoms with Crippen molar-refractivity contribution in [2.45, 2.75) is 0 Å². The molecule has 0 fully saturated rings. The van der Waals surface area contributed by atoms with Crippen molar-refractivity contribution in [2.24, 2.45) is 0 Å². The third-order valence-corrected chi connectivity index (χ3v) is 8.38. The van der Waals surface area contributed by atoms with Crippen molar-refractivity contribution >= 4 is 53.3 Å². The number of amides is 2. The van der Waals surface area contributed by atoms with E-state index in [9.17, 15) is 38.4 Å². The van der Waals surface area contributed by atoms with Gasteiger partial charge in [-0.1, -0.05) is 30.0 Å². The Balaban J connectivity index is 1.14. The maximum absolute atomic E-state index is 14.0. The molecule has 53 heavy (non-hydrogen) atoms. The van der Waals surface area contributed by atoms with Crippen LogP contribution in [0.3, 0.4) is 0 Å². The summed E-state index contributed by atoms with van der Waals surface area (Å²) in [5, 5.41) is 0. The quantitative estimate of drug-likeness (QED) is 0.0793. The van der Waals surface area contributed by atoms with Crippen LogP contribution in [0.2, 0.25) is 0 Å². The van der Waals surface area contributed by atoms with Crippen LogP contribution in [0, 0.1) is 11.8 Å². The number of carbonyl (C=O) groups excluding carboxylic acids is 8. The molecule has 0 radical (unpaired) electrons. The molecule has 2 amide bonds. The van der Waals surface area contributed by atoms with E-state index in [1.807, 2.05) is 30.3 Å². The predicted molar refractivity (Wildman–Crippen MR) is 179 cm³/mol. The molecule has 3 aliphatic heterocycles. The number of nitrogens with zero attached hydrogens (tertiary/aromatic N) is 1. The molecule has 0 unspecified atom stereocenters. The summed E-state index contributed by atoms with van der Waals surface area (Å²) >= 11 is 0. The Labute approximate surface area is 297 Å². The van der Waals surface area contributed by atoms with Crippen LogP contribution in [0.25, 0.3) is 0 Å². The standard InChI is InChI=1S/C40H17NO12/c42-33-31-29(50-35(44)22-10-14-25-27(18-22)39(48)52-37(25)46)16-17-30(51-36(45)23-11-15-26-28(19-23)40(49)53-38(26)47)32(31)34(43)41(33)24-12-8-21(9-13-24)7-6-20-4-2-1-3-5-20/h1-5,8-19H. The number of ether oxygens (including phenoxy) is 4. The Hall–Kier alpha value is -7.98. The predicted octanol–water partition coefficient (Wildman–Crippen LogP) is 4.95. The second kappa shape index (κ2) is 12.4. The Morgan fingerprint density at radius 1 is 0.491 bits per heavy atom. The fourth-order valence-corrected chi connectivity index (χ4v) is 5.81. The molecule has 254 valence electrons. The summed E-state index contributed by atoms with van der Waals surface area (Å²) in [5.74, 6) is -2.33. The molecule has 0 atom stereocenters. The molecule has 5 aromatic rings. The molecule has 0 bridgehead atoms. The zero-order valence-electron chi connectivity index (χ0n) is 26.7. The Morgan fingerprint density at radius 2 is 0.925 bits per heavy atom. The maximum Gasteiger partial charge on any atom is 0.346 e. The Morgan fingerprint density at radius 3 is 1.40 bits per heavy atom. The highest BCUT2D eigenvalue weighted by molar-refractivity contribution is 6.36. The number of hydrogen-bond acceptors (Lipinski definition) is 12. The first-order chi connectivity index (χ1) is 25.6. The van der Waals surface area contributed by atoms with Crippen molar-refractivity contribution in [1.29, 1.82) is 0 Å². The van der Waals surface area contributed by atoms with Gasteiger partial charge in [-0.2, -0.15) is 0 Å². The van der Waals surface area contributed by atoms with Crippen LogP contribution in [0.1, 0.15) is 94.0 Å². The van der Waals surface area contributed by atoms with Gasteiger partial charge in [-0.15, -0.1) is 0 Å². The number of carbonyl (C=O) groups is 8. The number of cyclic esters (lactones) is 4. The van der Waals surface area contributed by atoms with Gasteiger partial charge in [-0.25, -0.2) is 33.7 Å². The number of imide groups is 1. The van der Waals surface area contributed by atoms with Crippen LogP contribution in [-0.4, -0.2) is 47.6 Å². The molecule has 0 aromatic heterocycles. The van der Waals surface area contributed by atoms with E-state index in [0.717, 1.165) is 34.7 Å². The van der Waals surface area contributed by atoms with Crippen LogP contribution >= 0.6 is 0 Å². The van der Waals surface area contributed by atoms with Gasteiger partial charge in [0.25, 0.3) is 11.8 Å². The van der Waals surface area contributed by atoms with Crippen LogP contribution in [0.15, 0.2) is 103 Å². The van der Waals surface area contributed by atoms with Crippen molar-refractivity contribution in [3.8, 4) is 23.3 Å². The molecular formula is C40H17NO12. The molecule has 3 heterocycles. The number of esters is 6. The van der Waals surface area contributed by atoms with Crippen molar-refractivity contribution in [3.63, 3.8) is 0 Å². The summed E-state index contributed by atoms with van der Waals surface area (Å²) in [6.45, 7) is 0. The normalized spacial score (nSPS) is 13.8. The van der Waals surface area contributed by atoms with Gasteiger partial charge in [-0.3, -0.25) is 9.59 Å². The highest BCUT2D eigenvalue weighted by Gasteiger charge is 2.43. The van der Waals surface area contributed by atoms with E-state index >= 15 is 0 Å². The molecule has 13 nitrogen and oxygen atoms in total. The number of benzene rings is 5. The third-order valence-electron chi connectivity index (χ3n) is 8.38. The summed E-state index contributed by atoms with van der Waals surface area (Å²) in [6.07, 6.45) is 0. The maximum atomic E-state index is 14.0. The molecule has 0 saturated carbocycles. The lowest BCUT2D eigenvalue weighted by atomic mass is 10.0. The highest BCUT2D eigenvalue weighted by Crippen LogP contribution is 2.40. The minimum atomic E-state index is -1.05. The largest absolute Gasteiger partial charge is 0.422 e. The fourth-order valence-electron chi connectivity index (χ4n) is 5.81. The van der Waals surface area contributed by atoms with Gasteiger partial charge < -0.3 is 18.9 Å². The first-order valence-corrected chi connectivity index (χ1v) is 15.6. The number of rotatable bonds is 5. The Bertz CT molecular complexity index is 2480. The molecule has 8 rings (SSSR count). The van der Waals surface area contributed by atoms with Gasteiger partial charge in [0.2, 0.25) is 0 Å². The van der Waals surface area contributed by atoms with Crippen LogP contribution < -0.4 is 14.4 Å². The van der Waals surface area contributed by atoms with Crippen molar-refractivity contribution in [3.05, 3.63) is 159 Å². The molecule has 3 aliphatic rings. The van der Waals surface area contributed by atoms with Crippen LogP contribution in [0.5, 0.6) is 11.5 Å². The highest BCUT2D eigenvalue weighted by atomic mass is 16.6. The molecule has 0 N–H and O–H groups in total. The van der Waals surface area contributed by atoms with Gasteiger partial charge in [-0.05, 0) is 84.9 Å². The van der Waals surface area contributed by atoms with Gasteiger partial charge in [0.1, 0.15) is 11.5 Å². The summed E-state index contributed by atoms with van der Waals surface area (Å²) < 4.78 is 20.3. The molecule has 0 spiro atoms. The lowest BCUT2D eigenvalue weighted by Gasteiger charge is -2.14. The van der Waals surface area contributed by atoms with Gasteiger partial charge in [0, 0.05) is 11.1 Å². The zero-order valence-corrected chi connectivity index (χ0v) is 26.7. The third kappa shape index (κ3) is 5.58. The van der Waals surface area contributed by atoms with E-state index in [-0.39, 0.29) is 50.6 Å². The second-order valence-electron chi connectivity index (χ2n) is 11.6. The Kier molecular flexibility index (Phi) is 7.55. The second-order valence-corrected chi connectivity index (χ2v) is 11.6. The average molecular weight is 704 g/mol. The molecule has 0 saturated heterocycles. The first kappa shape index (κ1) is 32.2. The summed E-state index contributed by atoms with van der Waals surface area (Å²) in [4.78, 5) is 103. The van der Waals surface area contributed by atoms with E-state index in [1.54, 1.807) is 12.1 Å². The van der Waals surface area contributed by atoms with E-state index in [0.29, 0.717) is 5.56 Å². The monoisotopic (exact) mass is 703 g/mol. The van der Waals surface area contributed by atoms with E-state index in [4.69, 9.17) is 9.47 Å². The average Bonchev–Trinajstić information content (AvgIpc) is 3.73. The van der Waals surface area contributed by atoms with Crippen LogP contribution in [0.4, 0.5) is 5.69 Å². The summed E-state index contributed by atoms with van der Waals surface area (Å²) in [7, 11) is 0. The summed E-state index contributed by atoms with van der Waals surface area (Å²) in [5.41, 5.74) is -0.0893. The topological polar surface area (TPSA) is 177 Å². The zero-order chi connectivity index (χ0) is 37.0. The fraction of sp³-hybridized carbons (Fsp3) is 0. The molecule has 13 heteroatoms. The molecular weight excluding hydrogens is 686 g/mol. The van der Waals surface area contributed by atoms with Gasteiger partial charge in [0.05, 0.1) is 50.2 Å².